The topological polar surface area (TPSA) is 57.9 Å². The van der Waals surface area contributed by atoms with Crippen LogP contribution in [0.4, 0.5) is 5.82 Å². The lowest BCUT2D eigenvalue weighted by Gasteiger charge is -2.13. The van der Waals surface area contributed by atoms with Crippen LogP contribution in [-0.2, 0) is 4.74 Å². The fourth-order valence-corrected chi connectivity index (χ4v) is 1.95. The Labute approximate surface area is 113 Å². The Balaban J connectivity index is 2.24. The van der Waals surface area contributed by atoms with E-state index in [1.165, 1.54) is 0 Å². The lowest BCUT2D eigenvalue weighted by Crippen LogP contribution is -2.17. The van der Waals surface area contributed by atoms with Gasteiger partial charge in [-0.3, -0.25) is 0 Å². The van der Waals surface area contributed by atoms with E-state index in [2.05, 4.69) is 23.3 Å². The monoisotopic (exact) mass is 255 g/mol. The summed E-state index contributed by atoms with van der Waals surface area (Å²) < 4.78 is 5.09. The van der Waals surface area contributed by atoms with E-state index in [0.717, 1.165) is 17.4 Å². The number of anilines is 1. The fraction of sp³-hybridized carbons (Fsp3) is 0.333. The number of methoxy groups -OCH3 is 1. The Morgan fingerprint density at radius 3 is 2.95 bits per heavy atom. The molecule has 98 valence electrons. The Morgan fingerprint density at radius 2 is 2.21 bits per heavy atom. The summed E-state index contributed by atoms with van der Waals surface area (Å²) in [5.41, 5.74) is 1.46. The van der Waals surface area contributed by atoms with Crippen molar-refractivity contribution in [2.75, 3.05) is 25.6 Å². The van der Waals surface area contributed by atoms with Gasteiger partial charge in [-0.1, -0.05) is 25.1 Å². The highest BCUT2D eigenvalue weighted by Crippen LogP contribution is 2.19. The van der Waals surface area contributed by atoms with E-state index in [-0.39, 0.29) is 0 Å². The minimum atomic E-state index is 0.366. The van der Waals surface area contributed by atoms with Gasteiger partial charge in [0, 0.05) is 19.0 Å². The third-order valence-corrected chi connectivity index (χ3v) is 2.91. The number of fused-ring (bicyclic) bond motifs is 1. The summed E-state index contributed by atoms with van der Waals surface area (Å²) in [6.07, 6.45) is 0. The smallest absolute Gasteiger partial charge is 0.144 e. The molecule has 0 fully saturated rings. The van der Waals surface area contributed by atoms with Crippen molar-refractivity contribution in [3.8, 4) is 6.07 Å². The van der Waals surface area contributed by atoms with Crippen molar-refractivity contribution in [2.45, 2.75) is 6.92 Å². The number of nitriles is 1. The van der Waals surface area contributed by atoms with E-state index in [1.807, 2.05) is 30.3 Å². The number of ether oxygens (including phenoxy) is 1. The molecule has 0 saturated heterocycles. The number of hydrogen-bond acceptors (Lipinski definition) is 4. The van der Waals surface area contributed by atoms with Gasteiger partial charge in [0.15, 0.2) is 0 Å². The predicted molar refractivity (Wildman–Crippen MR) is 76.0 cm³/mol. The maximum Gasteiger partial charge on any atom is 0.144 e. The number of nitrogens with zero attached hydrogens (tertiary/aromatic N) is 2. The van der Waals surface area contributed by atoms with Crippen molar-refractivity contribution in [2.24, 2.45) is 5.92 Å². The lowest BCUT2D eigenvalue weighted by atomic mass is 10.1. The van der Waals surface area contributed by atoms with E-state index in [1.54, 1.807) is 7.11 Å². The van der Waals surface area contributed by atoms with Crippen molar-refractivity contribution in [3.05, 3.63) is 35.9 Å². The van der Waals surface area contributed by atoms with Gasteiger partial charge in [0.1, 0.15) is 11.9 Å². The van der Waals surface area contributed by atoms with E-state index in [9.17, 15) is 5.26 Å². The zero-order valence-corrected chi connectivity index (χ0v) is 11.2. The SMILES string of the molecule is COCC(C)CNc1nc2ccccc2cc1C#N. The van der Waals surface area contributed by atoms with E-state index in [0.29, 0.717) is 23.9 Å². The van der Waals surface area contributed by atoms with E-state index in [4.69, 9.17) is 4.74 Å². The highest BCUT2D eigenvalue weighted by molar-refractivity contribution is 5.82. The first-order valence-electron chi connectivity index (χ1n) is 6.27. The minimum absolute atomic E-state index is 0.366. The first kappa shape index (κ1) is 13.3. The van der Waals surface area contributed by atoms with E-state index >= 15 is 0 Å². The van der Waals surface area contributed by atoms with Gasteiger partial charge >= 0.3 is 0 Å². The number of hydrogen-bond donors (Lipinski definition) is 1. The molecule has 4 nitrogen and oxygen atoms in total. The molecule has 4 heteroatoms. The Hall–Kier alpha value is -2.12. The minimum Gasteiger partial charge on any atom is -0.384 e. The maximum atomic E-state index is 9.19. The molecule has 1 N–H and O–H groups in total. The standard InChI is InChI=1S/C15H17N3O/c1-11(10-19-2)9-17-15-13(8-16)7-12-5-3-4-6-14(12)18-15/h3-7,11H,9-10H2,1-2H3,(H,17,18). The maximum absolute atomic E-state index is 9.19. The Bertz CT molecular complexity index is 604. The van der Waals surface area contributed by atoms with Crippen LogP contribution < -0.4 is 5.32 Å². The van der Waals surface area contributed by atoms with Gasteiger partial charge in [-0.15, -0.1) is 0 Å². The summed E-state index contributed by atoms with van der Waals surface area (Å²) in [5, 5.41) is 13.4. The molecule has 0 saturated carbocycles. The van der Waals surface area contributed by atoms with Crippen molar-refractivity contribution in [3.63, 3.8) is 0 Å². The highest BCUT2D eigenvalue weighted by Gasteiger charge is 2.08. The van der Waals surface area contributed by atoms with Gasteiger partial charge in [0.05, 0.1) is 17.7 Å². The molecule has 1 unspecified atom stereocenters. The molecule has 2 rings (SSSR count). The zero-order chi connectivity index (χ0) is 13.7. The van der Waals surface area contributed by atoms with Crippen LogP contribution in [-0.4, -0.2) is 25.2 Å². The number of pyridine rings is 1. The molecule has 0 aliphatic carbocycles. The second-order valence-corrected chi connectivity index (χ2v) is 4.63. The summed E-state index contributed by atoms with van der Waals surface area (Å²) in [7, 11) is 1.69. The van der Waals surface area contributed by atoms with Gasteiger partial charge in [-0.05, 0) is 18.1 Å². The average molecular weight is 255 g/mol. The molecule has 1 heterocycles. The number of benzene rings is 1. The number of rotatable bonds is 5. The lowest BCUT2D eigenvalue weighted by molar-refractivity contribution is 0.164. The van der Waals surface area contributed by atoms with Crippen molar-refractivity contribution in [1.82, 2.24) is 4.98 Å². The quantitative estimate of drug-likeness (QED) is 0.892. The molecule has 0 aliphatic rings. The third kappa shape index (κ3) is 3.21. The molecule has 1 aromatic carbocycles. The summed E-state index contributed by atoms with van der Waals surface area (Å²) in [6.45, 7) is 3.50. The van der Waals surface area contributed by atoms with Gasteiger partial charge in [0.25, 0.3) is 0 Å². The molecule has 0 bridgehead atoms. The van der Waals surface area contributed by atoms with Crippen molar-refractivity contribution < 1.29 is 4.74 Å². The van der Waals surface area contributed by atoms with Crippen molar-refractivity contribution in [1.29, 1.82) is 5.26 Å². The second-order valence-electron chi connectivity index (χ2n) is 4.63. The zero-order valence-electron chi connectivity index (χ0n) is 11.2. The first-order chi connectivity index (χ1) is 9.24. The summed E-state index contributed by atoms with van der Waals surface area (Å²) in [6, 6.07) is 11.8. The summed E-state index contributed by atoms with van der Waals surface area (Å²) in [4.78, 5) is 4.50. The van der Waals surface area contributed by atoms with Gasteiger partial charge < -0.3 is 10.1 Å². The average Bonchev–Trinajstić information content (AvgIpc) is 2.44. The normalized spacial score (nSPS) is 12.1. The van der Waals surface area contributed by atoms with E-state index < -0.39 is 0 Å². The Kier molecular flexibility index (Phi) is 4.32. The van der Waals surface area contributed by atoms with Crippen LogP contribution in [0.25, 0.3) is 10.9 Å². The largest absolute Gasteiger partial charge is 0.384 e. The van der Waals surface area contributed by atoms with Crippen LogP contribution in [0.15, 0.2) is 30.3 Å². The first-order valence-corrected chi connectivity index (χ1v) is 6.27. The summed E-state index contributed by atoms with van der Waals surface area (Å²) >= 11 is 0. The number of nitrogens with one attached hydrogen (secondary N) is 1. The Morgan fingerprint density at radius 1 is 1.42 bits per heavy atom. The molecule has 0 aliphatic heterocycles. The number of para-hydroxylation sites is 1. The van der Waals surface area contributed by atoms with Crippen LogP contribution in [0.2, 0.25) is 0 Å². The molecule has 0 radical (unpaired) electrons. The molecular formula is C15H17N3O. The van der Waals surface area contributed by atoms with Gasteiger partial charge in [-0.25, -0.2) is 4.98 Å². The second kappa shape index (κ2) is 6.17. The number of aromatic nitrogens is 1. The van der Waals surface area contributed by atoms with Crippen LogP contribution >= 0.6 is 0 Å². The predicted octanol–water partition coefficient (Wildman–Crippen LogP) is 2.80. The van der Waals surface area contributed by atoms with Crippen LogP contribution in [0.3, 0.4) is 0 Å². The molecule has 0 amide bonds. The highest BCUT2D eigenvalue weighted by atomic mass is 16.5. The molecule has 19 heavy (non-hydrogen) atoms. The van der Waals surface area contributed by atoms with Crippen LogP contribution in [0.5, 0.6) is 0 Å². The van der Waals surface area contributed by atoms with Crippen molar-refractivity contribution >= 4 is 16.7 Å². The third-order valence-electron chi connectivity index (χ3n) is 2.91. The van der Waals surface area contributed by atoms with Crippen LogP contribution in [0.1, 0.15) is 12.5 Å². The van der Waals surface area contributed by atoms with Gasteiger partial charge in [0.2, 0.25) is 0 Å². The van der Waals surface area contributed by atoms with Crippen LogP contribution in [0, 0.1) is 17.2 Å². The molecule has 1 atom stereocenters. The molecule has 1 aromatic heterocycles. The summed E-state index contributed by atoms with van der Waals surface area (Å²) in [5.74, 6) is 1.01. The molecule has 0 spiro atoms. The molecular weight excluding hydrogens is 238 g/mol. The fourth-order valence-electron chi connectivity index (χ4n) is 1.95. The molecule has 2 aromatic rings. The van der Waals surface area contributed by atoms with Gasteiger partial charge in [-0.2, -0.15) is 5.26 Å².